The quantitative estimate of drug-likeness (QED) is 0.469. The topological polar surface area (TPSA) is 53.1 Å². The molecule has 0 aliphatic heterocycles. The number of hydrogen-bond acceptors (Lipinski definition) is 2. The number of unbranched alkanes of at least 4 members (excludes halogenated alkanes) is 1. The minimum atomic E-state index is 0.301. The van der Waals surface area contributed by atoms with Gasteiger partial charge in [0.2, 0.25) is 0 Å². The summed E-state index contributed by atoms with van der Waals surface area (Å²) in [5, 5.41) is 7.25. The van der Waals surface area contributed by atoms with Crippen molar-refractivity contribution in [2.45, 2.75) is 45.6 Å². The molecule has 3 nitrogen and oxygen atoms in total. The Bertz CT molecular complexity index is 145. The number of hydrogen-bond donors (Lipinski definition) is 2. The summed E-state index contributed by atoms with van der Waals surface area (Å²) in [7, 11) is 2.12. The van der Waals surface area contributed by atoms with Crippen LogP contribution in [0.3, 0.4) is 0 Å². The Labute approximate surface area is 81.8 Å². The van der Waals surface area contributed by atoms with Crippen molar-refractivity contribution < 1.29 is 0 Å². The normalized spacial score (nSPS) is 13.2. The summed E-state index contributed by atoms with van der Waals surface area (Å²) < 4.78 is 0. The largest absolute Gasteiger partial charge is 0.388 e. The van der Waals surface area contributed by atoms with Gasteiger partial charge in [0.05, 0.1) is 5.84 Å². The Kier molecular flexibility index (Phi) is 6.59. The Hall–Kier alpha value is -0.570. The number of amidine groups is 1. The first-order valence-corrected chi connectivity index (χ1v) is 5.14. The lowest BCUT2D eigenvalue weighted by Crippen LogP contribution is -2.35. The van der Waals surface area contributed by atoms with E-state index in [4.69, 9.17) is 11.1 Å². The predicted octanol–water partition coefficient (Wildman–Crippen LogP) is 1.82. The van der Waals surface area contributed by atoms with Crippen LogP contribution in [0.2, 0.25) is 0 Å². The SMILES string of the molecule is CCCCN(C)C(CC)CC(=N)N. The molecule has 0 bridgehead atoms. The van der Waals surface area contributed by atoms with Crippen LogP contribution >= 0.6 is 0 Å². The van der Waals surface area contributed by atoms with Crippen molar-refractivity contribution in [2.24, 2.45) is 5.73 Å². The van der Waals surface area contributed by atoms with Gasteiger partial charge < -0.3 is 10.6 Å². The van der Waals surface area contributed by atoms with E-state index in [1.807, 2.05) is 0 Å². The zero-order chi connectivity index (χ0) is 10.3. The minimum Gasteiger partial charge on any atom is -0.388 e. The standard InChI is InChI=1S/C10H23N3/c1-4-6-7-13(3)9(5-2)8-10(11)12/h9H,4-8H2,1-3H3,(H3,11,12). The van der Waals surface area contributed by atoms with Crippen LogP contribution in [-0.4, -0.2) is 30.4 Å². The van der Waals surface area contributed by atoms with Gasteiger partial charge in [0.15, 0.2) is 0 Å². The van der Waals surface area contributed by atoms with E-state index in [-0.39, 0.29) is 0 Å². The van der Waals surface area contributed by atoms with Crippen molar-refractivity contribution in [3.63, 3.8) is 0 Å². The zero-order valence-corrected chi connectivity index (χ0v) is 9.14. The van der Waals surface area contributed by atoms with Crippen LogP contribution in [0, 0.1) is 5.41 Å². The number of rotatable bonds is 7. The molecule has 0 spiro atoms. The average Bonchev–Trinajstić information content (AvgIpc) is 2.09. The molecular weight excluding hydrogens is 162 g/mol. The second kappa shape index (κ2) is 6.89. The van der Waals surface area contributed by atoms with Gasteiger partial charge in [-0.25, -0.2) is 0 Å². The molecule has 3 heteroatoms. The highest BCUT2D eigenvalue weighted by molar-refractivity contribution is 5.77. The molecular formula is C10H23N3. The highest BCUT2D eigenvalue weighted by atomic mass is 15.1. The Morgan fingerprint density at radius 3 is 2.46 bits per heavy atom. The molecule has 0 aliphatic rings. The molecule has 0 amide bonds. The van der Waals surface area contributed by atoms with E-state index in [9.17, 15) is 0 Å². The molecule has 0 rings (SSSR count). The Morgan fingerprint density at radius 2 is 2.08 bits per heavy atom. The second-order valence-electron chi connectivity index (χ2n) is 3.63. The lowest BCUT2D eigenvalue weighted by atomic mass is 10.1. The fraction of sp³-hybridized carbons (Fsp3) is 0.900. The van der Waals surface area contributed by atoms with Crippen LogP contribution in [0.1, 0.15) is 39.5 Å². The molecule has 0 aromatic rings. The summed E-state index contributed by atoms with van der Waals surface area (Å²) in [5.41, 5.74) is 5.39. The maximum Gasteiger partial charge on any atom is 0.0921 e. The molecule has 13 heavy (non-hydrogen) atoms. The van der Waals surface area contributed by atoms with E-state index in [1.54, 1.807) is 0 Å². The summed E-state index contributed by atoms with van der Waals surface area (Å²) in [5.74, 6) is 0.301. The van der Waals surface area contributed by atoms with E-state index in [0.29, 0.717) is 18.3 Å². The van der Waals surface area contributed by atoms with Crippen LogP contribution in [-0.2, 0) is 0 Å². The zero-order valence-electron chi connectivity index (χ0n) is 9.14. The van der Waals surface area contributed by atoms with Crippen LogP contribution < -0.4 is 5.73 Å². The fourth-order valence-corrected chi connectivity index (χ4v) is 1.46. The van der Waals surface area contributed by atoms with Gasteiger partial charge in [-0.3, -0.25) is 5.41 Å². The number of nitrogens with two attached hydrogens (primary N) is 1. The minimum absolute atomic E-state index is 0.301. The summed E-state index contributed by atoms with van der Waals surface area (Å²) in [6, 6.07) is 0.448. The summed E-state index contributed by atoms with van der Waals surface area (Å²) >= 11 is 0. The molecule has 0 aromatic heterocycles. The number of nitrogens with one attached hydrogen (secondary N) is 1. The molecule has 0 saturated carbocycles. The molecule has 0 fully saturated rings. The molecule has 0 heterocycles. The lowest BCUT2D eigenvalue weighted by Gasteiger charge is -2.26. The molecule has 3 N–H and O–H groups in total. The Balaban J connectivity index is 3.84. The molecule has 1 atom stereocenters. The van der Waals surface area contributed by atoms with Gasteiger partial charge in [0.25, 0.3) is 0 Å². The van der Waals surface area contributed by atoms with Gasteiger partial charge in [-0.05, 0) is 26.4 Å². The third-order valence-electron chi connectivity index (χ3n) is 2.41. The third-order valence-corrected chi connectivity index (χ3v) is 2.41. The molecule has 0 radical (unpaired) electrons. The molecule has 78 valence electrons. The van der Waals surface area contributed by atoms with Gasteiger partial charge in [0.1, 0.15) is 0 Å². The van der Waals surface area contributed by atoms with Crippen molar-refractivity contribution in [3.8, 4) is 0 Å². The monoisotopic (exact) mass is 185 g/mol. The number of nitrogens with zero attached hydrogens (tertiary/aromatic N) is 1. The Morgan fingerprint density at radius 1 is 1.46 bits per heavy atom. The van der Waals surface area contributed by atoms with Gasteiger partial charge in [-0.1, -0.05) is 20.3 Å². The van der Waals surface area contributed by atoms with Crippen molar-refractivity contribution >= 4 is 5.84 Å². The maximum atomic E-state index is 7.25. The van der Waals surface area contributed by atoms with E-state index in [1.165, 1.54) is 12.8 Å². The molecule has 0 aliphatic carbocycles. The van der Waals surface area contributed by atoms with Crippen LogP contribution in [0.5, 0.6) is 0 Å². The van der Waals surface area contributed by atoms with Crippen LogP contribution in [0.15, 0.2) is 0 Å². The van der Waals surface area contributed by atoms with Crippen LogP contribution in [0.4, 0.5) is 0 Å². The van der Waals surface area contributed by atoms with E-state index < -0.39 is 0 Å². The van der Waals surface area contributed by atoms with Gasteiger partial charge in [-0.15, -0.1) is 0 Å². The first-order valence-electron chi connectivity index (χ1n) is 5.14. The van der Waals surface area contributed by atoms with Crippen molar-refractivity contribution in [1.29, 1.82) is 5.41 Å². The van der Waals surface area contributed by atoms with Crippen molar-refractivity contribution in [1.82, 2.24) is 4.90 Å². The first-order chi connectivity index (χ1) is 6.11. The van der Waals surface area contributed by atoms with Crippen LogP contribution in [0.25, 0.3) is 0 Å². The molecule has 1 unspecified atom stereocenters. The molecule has 0 aromatic carbocycles. The van der Waals surface area contributed by atoms with Gasteiger partial charge in [-0.2, -0.15) is 0 Å². The second-order valence-corrected chi connectivity index (χ2v) is 3.63. The van der Waals surface area contributed by atoms with E-state index in [2.05, 4.69) is 25.8 Å². The summed E-state index contributed by atoms with van der Waals surface area (Å²) in [6.45, 7) is 5.46. The highest BCUT2D eigenvalue weighted by Gasteiger charge is 2.12. The molecule has 0 saturated heterocycles. The first kappa shape index (κ1) is 12.4. The van der Waals surface area contributed by atoms with Gasteiger partial charge >= 0.3 is 0 Å². The van der Waals surface area contributed by atoms with Crippen molar-refractivity contribution in [3.05, 3.63) is 0 Å². The average molecular weight is 185 g/mol. The lowest BCUT2D eigenvalue weighted by molar-refractivity contribution is 0.237. The summed E-state index contributed by atoms with van der Waals surface area (Å²) in [4.78, 5) is 2.31. The maximum absolute atomic E-state index is 7.25. The van der Waals surface area contributed by atoms with Gasteiger partial charge in [0, 0.05) is 12.5 Å². The predicted molar refractivity (Wildman–Crippen MR) is 58.1 cm³/mol. The summed E-state index contributed by atoms with van der Waals surface area (Å²) in [6.07, 6.45) is 4.22. The van der Waals surface area contributed by atoms with E-state index in [0.717, 1.165) is 13.0 Å². The highest BCUT2D eigenvalue weighted by Crippen LogP contribution is 2.07. The van der Waals surface area contributed by atoms with Crippen molar-refractivity contribution in [2.75, 3.05) is 13.6 Å². The van der Waals surface area contributed by atoms with E-state index >= 15 is 0 Å². The fourth-order valence-electron chi connectivity index (χ4n) is 1.46. The smallest absolute Gasteiger partial charge is 0.0921 e. The third kappa shape index (κ3) is 5.64.